The van der Waals surface area contributed by atoms with Crippen LogP contribution in [-0.4, -0.2) is 29.0 Å². The van der Waals surface area contributed by atoms with Crippen molar-refractivity contribution in [3.05, 3.63) is 59.3 Å². The van der Waals surface area contributed by atoms with E-state index in [1.165, 1.54) is 29.5 Å². The van der Waals surface area contributed by atoms with Crippen LogP contribution in [0.5, 0.6) is 5.75 Å². The van der Waals surface area contributed by atoms with Crippen LogP contribution in [0.25, 0.3) is 11.3 Å². The van der Waals surface area contributed by atoms with Gasteiger partial charge in [-0.2, -0.15) is 0 Å². The van der Waals surface area contributed by atoms with Gasteiger partial charge in [0.15, 0.2) is 0 Å². The molecule has 1 N–H and O–H groups in total. The van der Waals surface area contributed by atoms with E-state index in [2.05, 4.69) is 43.3 Å². The number of rotatable bonds is 5. The Balaban J connectivity index is 1.76. The van der Waals surface area contributed by atoms with Gasteiger partial charge >= 0.3 is 0 Å². The van der Waals surface area contributed by atoms with Crippen LogP contribution in [0.15, 0.2) is 47.5 Å². The molecule has 2 aliphatic rings. The van der Waals surface area contributed by atoms with E-state index in [1.54, 1.807) is 0 Å². The van der Waals surface area contributed by atoms with Crippen LogP contribution in [0.1, 0.15) is 43.5 Å². The minimum Gasteiger partial charge on any atom is -0.491 e. The lowest BCUT2D eigenvalue weighted by Gasteiger charge is -2.23. The summed E-state index contributed by atoms with van der Waals surface area (Å²) in [5, 5.41) is 9.09. The van der Waals surface area contributed by atoms with E-state index < -0.39 is 0 Å². The number of hydrogen-bond donors (Lipinski definition) is 1. The van der Waals surface area contributed by atoms with Crippen molar-refractivity contribution in [2.24, 2.45) is 4.99 Å². The minimum atomic E-state index is -0.385. The highest BCUT2D eigenvalue weighted by Gasteiger charge is 2.28. The maximum atomic E-state index is 9.09. The second kappa shape index (κ2) is 7.28. The summed E-state index contributed by atoms with van der Waals surface area (Å²) < 4.78 is 5.78. The topological polar surface area (TPSA) is 54.7 Å². The third kappa shape index (κ3) is 3.42. The fraction of sp³-hybridized carbons (Fsp3) is 0.391. The third-order valence-electron chi connectivity index (χ3n) is 5.44. The molecule has 1 aromatic carbocycles. The largest absolute Gasteiger partial charge is 0.491 e. The number of fused-ring (bicyclic) bond motifs is 1. The number of hydrogen-bond acceptors (Lipinski definition) is 4. The van der Waals surface area contributed by atoms with Crippen LogP contribution in [0.2, 0.25) is 0 Å². The monoisotopic (exact) mass is 362 g/mol. The van der Waals surface area contributed by atoms with Crippen molar-refractivity contribution >= 4 is 5.71 Å². The van der Waals surface area contributed by atoms with Crippen LogP contribution in [-0.2, 0) is 18.4 Å². The Labute approximate surface area is 160 Å². The van der Waals surface area contributed by atoms with Crippen molar-refractivity contribution < 1.29 is 9.84 Å². The van der Waals surface area contributed by atoms with Gasteiger partial charge in [0.05, 0.1) is 18.0 Å². The summed E-state index contributed by atoms with van der Waals surface area (Å²) in [6, 6.07) is 10.4. The Morgan fingerprint density at radius 2 is 1.93 bits per heavy atom. The Bertz CT molecular complexity index is 917. The standard InChI is InChI=1S/C23H26N2O2/c1-16-12-13-23(2,25-16)22-9-5-8-20(24-22)18-10-11-21(27-15-14-26)19-7-4-3-6-17(18)19/h5,8-13,26H,3-4,6-7,14-15H2,1-2H3. The van der Waals surface area contributed by atoms with Gasteiger partial charge in [-0.1, -0.05) is 6.07 Å². The normalized spacial score (nSPS) is 21.1. The first-order chi connectivity index (χ1) is 13.1. The molecule has 27 heavy (non-hydrogen) atoms. The molecule has 0 fully saturated rings. The first-order valence-corrected chi connectivity index (χ1v) is 9.73. The molecule has 0 saturated carbocycles. The van der Waals surface area contributed by atoms with Crippen LogP contribution in [0, 0.1) is 0 Å². The van der Waals surface area contributed by atoms with Crippen molar-refractivity contribution in [1.29, 1.82) is 0 Å². The summed E-state index contributed by atoms with van der Waals surface area (Å²) in [5.74, 6) is 0.907. The number of benzene rings is 1. The number of ether oxygens (including phenoxy) is 1. The Morgan fingerprint density at radius 3 is 2.67 bits per heavy atom. The lowest BCUT2D eigenvalue weighted by molar-refractivity contribution is 0.200. The zero-order valence-corrected chi connectivity index (χ0v) is 16.0. The maximum absolute atomic E-state index is 9.09. The van der Waals surface area contributed by atoms with Crippen molar-refractivity contribution in [1.82, 2.24) is 4.98 Å². The molecule has 0 spiro atoms. The third-order valence-corrected chi connectivity index (χ3v) is 5.44. The molecule has 2 heterocycles. The van der Waals surface area contributed by atoms with Crippen LogP contribution >= 0.6 is 0 Å². The van der Waals surface area contributed by atoms with Crippen molar-refractivity contribution in [2.75, 3.05) is 13.2 Å². The highest BCUT2D eigenvalue weighted by Crippen LogP contribution is 2.38. The number of pyridine rings is 1. The van der Waals surface area contributed by atoms with E-state index in [4.69, 9.17) is 19.8 Å². The molecule has 1 atom stereocenters. The molecule has 4 rings (SSSR count). The van der Waals surface area contributed by atoms with Gasteiger partial charge in [0.2, 0.25) is 0 Å². The molecule has 4 nitrogen and oxygen atoms in total. The molecule has 0 amide bonds. The molecule has 140 valence electrons. The fourth-order valence-corrected chi connectivity index (χ4v) is 4.10. The van der Waals surface area contributed by atoms with Crippen molar-refractivity contribution in [2.45, 2.75) is 45.1 Å². The van der Waals surface area contributed by atoms with Crippen molar-refractivity contribution in [3.8, 4) is 17.0 Å². The molecule has 1 aliphatic heterocycles. The van der Waals surface area contributed by atoms with Gasteiger partial charge in [0.1, 0.15) is 17.9 Å². The number of aliphatic imine (C=N–C) groups is 1. The van der Waals surface area contributed by atoms with Crippen LogP contribution < -0.4 is 4.74 Å². The SMILES string of the molecule is CC1=NC(C)(c2cccc(-c3ccc(OCCO)c4c3CCCC4)n2)C=C1. The summed E-state index contributed by atoms with van der Waals surface area (Å²) in [4.78, 5) is 9.75. The van der Waals surface area contributed by atoms with Gasteiger partial charge in [-0.15, -0.1) is 0 Å². The summed E-state index contributed by atoms with van der Waals surface area (Å²) in [6.07, 6.45) is 8.61. The summed E-state index contributed by atoms with van der Waals surface area (Å²) in [7, 11) is 0. The molecule has 2 aromatic rings. The van der Waals surface area contributed by atoms with E-state index in [1.807, 2.05) is 13.0 Å². The van der Waals surface area contributed by atoms with Gasteiger partial charge in [0.25, 0.3) is 0 Å². The average Bonchev–Trinajstić information content (AvgIpc) is 3.06. The van der Waals surface area contributed by atoms with Gasteiger partial charge in [0, 0.05) is 11.3 Å². The molecular formula is C23H26N2O2. The van der Waals surface area contributed by atoms with E-state index >= 15 is 0 Å². The predicted octanol–water partition coefficient (Wildman–Crippen LogP) is 4.24. The lowest BCUT2D eigenvalue weighted by Crippen LogP contribution is -2.16. The van der Waals surface area contributed by atoms with E-state index in [-0.39, 0.29) is 12.1 Å². The van der Waals surface area contributed by atoms with Crippen LogP contribution in [0.4, 0.5) is 0 Å². The summed E-state index contributed by atoms with van der Waals surface area (Å²) >= 11 is 0. The zero-order valence-electron chi connectivity index (χ0n) is 16.0. The van der Waals surface area contributed by atoms with E-state index in [0.717, 1.165) is 35.7 Å². The van der Waals surface area contributed by atoms with Gasteiger partial charge in [-0.05, 0) is 87.1 Å². The van der Waals surface area contributed by atoms with Gasteiger partial charge < -0.3 is 9.84 Å². The molecule has 4 heteroatoms. The fourth-order valence-electron chi connectivity index (χ4n) is 4.10. The number of aromatic nitrogens is 1. The number of aliphatic hydroxyl groups excluding tert-OH is 1. The second-order valence-electron chi connectivity index (χ2n) is 7.49. The highest BCUT2D eigenvalue weighted by atomic mass is 16.5. The number of allylic oxidation sites excluding steroid dienone is 1. The summed E-state index contributed by atoms with van der Waals surface area (Å²) in [5.41, 5.74) is 6.42. The van der Waals surface area contributed by atoms with E-state index in [0.29, 0.717) is 6.61 Å². The van der Waals surface area contributed by atoms with Gasteiger partial charge in [-0.3, -0.25) is 4.99 Å². The Hall–Kier alpha value is -2.46. The minimum absolute atomic E-state index is 0.0339. The smallest absolute Gasteiger partial charge is 0.122 e. The predicted molar refractivity (Wildman–Crippen MR) is 108 cm³/mol. The molecule has 1 aliphatic carbocycles. The average molecular weight is 362 g/mol. The maximum Gasteiger partial charge on any atom is 0.122 e. The first kappa shape index (κ1) is 17.9. The molecule has 0 radical (unpaired) electrons. The number of nitrogens with zero attached hydrogens (tertiary/aromatic N) is 2. The van der Waals surface area contributed by atoms with E-state index in [9.17, 15) is 0 Å². The zero-order chi connectivity index (χ0) is 18.9. The summed E-state index contributed by atoms with van der Waals surface area (Å²) in [6.45, 7) is 4.49. The molecule has 0 saturated heterocycles. The molecular weight excluding hydrogens is 336 g/mol. The molecule has 1 unspecified atom stereocenters. The lowest BCUT2D eigenvalue weighted by atomic mass is 9.86. The highest BCUT2D eigenvalue weighted by molar-refractivity contribution is 5.95. The second-order valence-corrected chi connectivity index (χ2v) is 7.49. The van der Waals surface area contributed by atoms with Crippen LogP contribution in [0.3, 0.4) is 0 Å². The Kier molecular flexibility index (Phi) is 4.83. The number of aliphatic hydroxyl groups is 1. The van der Waals surface area contributed by atoms with Gasteiger partial charge in [-0.25, -0.2) is 4.98 Å². The molecule has 1 aromatic heterocycles. The molecule has 0 bridgehead atoms. The van der Waals surface area contributed by atoms with Crippen molar-refractivity contribution in [3.63, 3.8) is 0 Å². The Morgan fingerprint density at radius 1 is 1.11 bits per heavy atom. The first-order valence-electron chi connectivity index (χ1n) is 9.73. The quantitative estimate of drug-likeness (QED) is 0.865.